The minimum atomic E-state index is -1.20. The highest BCUT2D eigenvalue weighted by atomic mass is 32.2. The summed E-state index contributed by atoms with van der Waals surface area (Å²) in [4.78, 5) is 0. The lowest BCUT2D eigenvalue weighted by molar-refractivity contribution is 0.0701. The number of thioether (sulfide) groups is 1. The molecule has 22 heavy (non-hydrogen) atoms. The van der Waals surface area contributed by atoms with Gasteiger partial charge in [0.25, 0.3) is 0 Å². The van der Waals surface area contributed by atoms with Crippen molar-refractivity contribution < 1.29 is 5.11 Å². The largest absolute Gasteiger partial charge is 0.377 e. The molecule has 3 unspecified atom stereocenters. The van der Waals surface area contributed by atoms with E-state index in [1.165, 1.54) is 5.56 Å². The van der Waals surface area contributed by atoms with Gasteiger partial charge in [0.05, 0.1) is 5.37 Å². The number of hydrogen-bond donors (Lipinski definition) is 4. The highest BCUT2D eigenvalue weighted by Gasteiger charge is 2.45. The van der Waals surface area contributed by atoms with E-state index in [1.807, 2.05) is 48.2 Å². The van der Waals surface area contributed by atoms with Gasteiger partial charge >= 0.3 is 0 Å². The normalized spacial score (nSPS) is 30.1. The van der Waals surface area contributed by atoms with Crippen LogP contribution in [0.25, 0.3) is 0 Å². The summed E-state index contributed by atoms with van der Waals surface area (Å²) in [6.45, 7) is 1.02. The molecular weight excluding hydrogens is 294 g/mol. The number of nitrogens with one attached hydrogen (secondary N) is 2. The Bertz CT molecular complexity index is 688. The second-order valence-electron chi connectivity index (χ2n) is 5.76. The average Bonchev–Trinajstić information content (AvgIpc) is 3.17. The Hall–Kier alpha value is -1.53. The number of nitrogens with two attached hydrogens (primary N) is 1. The van der Waals surface area contributed by atoms with Crippen LogP contribution in [0.5, 0.6) is 0 Å². The van der Waals surface area contributed by atoms with E-state index in [9.17, 15) is 5.11 Å². The van der Waals surface area contributed by atoms with Crippen LogP contribution in [-0.4, -0.2) is 23.6 Å². The lowest BCUT2D eigenvalue weighted by Crippen LogP contribution is -2.46. The molecule has 2 aliphatic heterocycles. The lowest BCUT2D eigenvalue weighted by atomic mass is 9.85. The predicted molar refractivity (Wildman–Crippen MR) is 90.7 cm³/mol. The Morgan fingerprint density at radius 2 is 2.00 bits per heavy atom. The number of fused-ring (bicyclic) bond motifs is 1. The molecule has 2 aromatic carbocycles. The van der Waals surface area contributed by atoms with Crippen molar-refractivity contribution in [3.63, 3.8) is 0 Å². The lowest BCUT2D eigenvalue weighted by Gasteiger charge is -2.28. The Morgan fingerprint density at radius 1 is 1.18 bits per heavy atom. The molecule has 2 heterocycles. The Balaban J connectivity index is 1.81. The SMILES string of the molecule is NC1Nc2ccc(C3NCCS3)cc2C1(O)c1ccccc1. The Morgan fingerprint density at radius 3 is 2.73 bits per heavy atom. The van der Waals surface area contributed by atoms with Gasteiger partial charge in [0.15, 0.2) is 0 Å². The van der Waals surface area contributed by atoms with Gasteiger partial charge in [-0.05, 0) is 23.3 Å². The Labute approximate surface area is 134 Å². The standard InChI is InChI=1S/C17H19N3OS/c18-16-17(21,12-4-2-1-3-5-12)13-10-11(6-7-14(13)20-16)15-19-8-9-22-15/h1-7,10,15-16,19-21H,8-9,18H2. The molecule has 0 spiro atoms. The van der Waals surface area contributed by atoms with Crippen LogP contribution in [0.4, 0.5) is 5.69 Å². The van der Waals surface area contributed by atoms with E-state index in [1.54, 1.807) is 0 Å². The summed E-state index contributed by atoms with van der Waals surface area (Å²) >= 11 is 1.89. The van der Waals surface area contributed by atoms with E-state index in [4.69, 9.17) is 5.73 Å². The van der Waals surface area contributed by atoms with Gasteiger partial charge in [0.2, 0.25) is 0 Å². The molecule has 0 aliphatic carbocycles. The number of rotatable bonds is 2. The highest BCUT2D eigenvalue weighted by molar-refractivity contribution is 7.99. The summed E-state index contributed by atoms with van der Waals surface area (Å²) in [5.41, 5.74) is 8.79. The molecule has 1 fully saturated rings. The molecule has 0 aromatic heterocycles. The maximum atomic E-state index is 11.3. The first kappa shape index (κ1) is 14.1. The van der Waals surface area contributed by atoms with Gasteiger partial charge in [-0.15, -0.1) is 11.8 Å². The molecule has 2 aromatic rings. The first-order chi connectivity index (χ1) is 10.7. The van der Waals surface area contributed by atoms with Crippen molar-refractivity contribution in [1.29, 1.82) is 0 Å². The minimum absolute atomic E-state index is 0.294. The van der Waals surface area contributed by atoms with Gasteiger partial charge in [-0.3, -0.25) is 0 Å². The molecule has 2 aliphatic rings. The van der Waals surface area contributed by atoms with E-state index < -0.39 is 11.8 Å². The van der Waals surface area contributed by atoms with Crippen molar-refractivity contribution in [2.75, 3.05) is 17.6 Å². The van der Waals surface area contributed by atoms with Gasteiger partial charge in [0.1, 0.15) is 11.8 Å². The fraction of sp³-hybridized carbons (Fsp3) is 0.294. The van der Waals surface area contributed by atoms with Crippen LogP contribution >= 0.6 is 11.8 Å². The fourth-order valence-corrected chi connectivity index (χ4v) is 4.32. The molecular formula is C17H19N3OS. The van der Waals surface area contributed by atoms with E-state index in [0.717, 1.165) is 29.1 Å². The smallest absolute Gasteiger partial charge is 0.150 e. The third-order valence-electron chi connectivity index (χ3n) is 4.45. The van der Waals surface area contributed by atoms with E-state index in [2.05, 4.69) is 22.8 Å². The first-order valence-electron chi connectivity index (χ1n) is 7.49. The molecule has 0 amide bonds. The predicted octanol–water partition coefficient (Wildman–Crippen LogP) is 1.97. The van der Waals surface area contributed by atoms with Crippen molar-refractivity contribution in [1.82, 2.24) is 5.32 Å². The number of benzene rings is 2. The van der Waals surface area contributed by atoms with Crippen LogP contribution in [0.3, 0.4) is 0 Å². The maximum absolute atomic E-state index is 11.3. The third-order valence-corrected chi connectivity index (χ3v) is 5.66. The zero-order valence-electron chi connectivity index (χ0n) is 12.1. The molecule has 4 rings (SSSR count). The molecule has 1 saturated heterocycles. The molecule has 5 heteroatoms. The summed E-state index contributed by atoms with van der Waals surface area (Å²) in [7, 11) is 0. The quantitative estimate of drug-likeness (QED) is 0.682. The molecule has 4 nitrogen and oxygen atoms in total. The maximum Gasteiger partial charge on any atom is 0.150 e. The van der Waals surface area contributed by atoms with E-state index in [0.29, 0.717) is 5.37 Å². The van der Waals surface area contributed by atoms with Crippen molar-refractivity contribution >= 4 is 17.4 Å². The van der Waals surface area contributed by atoms with Crippen LogP contribution in [-0.2, 0) is 5.60 Å². The monoisotopic (exact) mass is 313 g/mol. The minimum Gasteiger partial charge on any atom is -0.377 e. The van der Waals surface area contributed by atoms with Gasteiger partial charge in [-0.25, -0.2) is 0 Å². The van der Waals surface area contributed by atoms with Crippen LogP contribution in [0, 0.1) is 0 Å². The van der Waals surface area contributed by atoms with Crippen LogP contribution < -0.4 is 16.4 Å². The fourth-order valence-electron chi connectivity index (χ4n) is 3.27. The highest BCUT2D eigenvalue weighted by Crippen LogP contribution is 2.44. The van der Waals surface area contributed by atoms with Gasteiger partial charge in [-0.1, -0.05) is 36.4 Å². The second-order valence-corrected chi connectivity index (χ2v) is 6.98. The van der Waals surface area contributed by atoms with E-state index in [-0.39, 0.29) is 0 Å². The van der Waals surface area contributed by atoms with Crippen LogP contribution in [0.15, 0.2) is 48.5 Å². The third kappa shape index (κ3) is 2.05. The van der Waals surface area contributed by atoms with Crippen LogP contribution in [0.2, 0.25) is 0 Å². The van der Waals surface area contributed by atoms with E-state index >= 15 is 0 Å². The topological polar surface area (TPSA) is 70.3 Å². The number of hydrogen-bond acceptors (Lipinski definition) is 5. The Kier molecular flexibility index (Phi) is 3.38. The number of anilines is 1. The molecule has 0 saturated carbocycles. The van der Waals surface area contributed by atoms with Gasteiger partial charge < -0.3 is 21.5 Å². The average molecular weight is 313 g/mol. The summed E-state index contributed by atoms with van der Waals surface area (Å²) < 4.78 is 0. The van der Waals surface area contributed by atoms with Gasteiger partial charge in [-0.2, -0.15) is 0 Å². The zero-order chi connectivity index (χ0) is 15.2. The summed E-state index contributed by atoms with van der Waals surface area (Å²) in [6, 6.07) is 15.8. The zero-order valence-corrected chi connectivity index (χ0v) is 12.9. The molecule has 3 atom stereocenters. The summed E-state index contributed by atoms with van der Waals surface area (Å²) in [5.74, 6) is 1.11. The number of aliphatic hydroxyl groups is 1. The van der Waals surface area contributed by atoms with Gasteiger partial charge in [0, 0.05) is 23.5 Å². The summed E-state index contributed by atoms with van der Waals surface area (Å²) in [6.07, 6.45) is -0.552. The molecule has 114 valence electrons. The molecule has 0 bridgehead atoms. The van der Waals surface area contributed by atoms with Crippen molar-refractivity contribution in [3.8, 4) is 0 Å². The molecule has 0 radical (unpaired) electrons. The van der Waals surface area contributed by atoms with Crippen LogP contribution in [0.1, 0.15) is 22.1 Å². The second kappa shape index (κ2) is 5.28. The van der Waals surface area contributed by atoms with Crippen molar-refractivity contribution in [2.45, 2.75) is 17.1 Å². The summed E-state index contributed by atoms with van der Waals surface area (Å²) in [5, 5.41) is 18.3. The first-order valence-corrected chi connectivity index (χ1v) is 8.54. The van der Waals surface area contributed by atoms with Crippen molar-refractivity contribution in [2.24, 2.45) is 5.73 Å². The van der Waals surface area contributed by atoms with Crippen molar-refractivity contribution in [3.05, 3.63) is 65.2 Å². The molecule has 5 N–H and O–H groups in total.